The monoisotopic (exact) mass is 361 g/mol. The molecule has 0 bridgehead atoms. The van der Waals surface area contributed by atoms with E-state index in [0.29, 0.717) is 29.8 Å². The summed E-state index contributed by atoms with van der Waals surface area (Å²) in [4.78, 5) is 16.4. The summed E-state index contributed by atoms with van der Waals surface area (Å²) < 4.78 is 28.6. The lowest BCUT2D eigenvalue weighted by atomic mass is 10.1. The van der Waals surface area contributed by atoms with Crippen LogP contribution in [0.5, 0.6) is 0 Å². The smallest absolute Gasteiger partial charge is 0.251 e. The Morgan fingerprint density at radius 3 is 2.64 bits per heavy atom. The Kier molecular flexibility index (Phi) is 4.67. The van der Waals surface area contributed by atoms with E-state index >= 15 is 0 Å². The molecule has 7 heteroatoms. The quantitative estimate of drug-likeness (QED) is 0.749. The van der Waals surface area contributed by atoms with E-state index in [1.165, 1.54) is 23.5 Å². The number of nitrogens with two attached hydrogens (primary N) is 1. The Balaban J connectivity index is 2.18. The van der Waals surface area contributed by atoms with Crippen molar-refractivity contribution in [2.24, 2.45) is 5.73 Å². The molecule has 0 radical (unpaired) electrons. The molecule has 2 heterocycles. The average Bonchev–Trinajstić information content (AvgIpc) is 3.18. The lowest BCUT2D eigenvalue weighted by Crippen LogP contribution is -2.13. The van der Waals surface area contributed by atoms with Crippen molar-refractivity contribution in [1.29, 1.82) is 0 Å². The van der Waals surface area contributed by atoms with Gasteiger partial charge in [0.2, 0.25) is 0 Å². The van der Waals surface area contributed by atoms with E-state index in [1.54, 1.807) is 13.1 Å². The van der Waals surface area contributed by atoms with Gasteiger partial charge in [-0.05, 0) is 31.0 Å². The number of thiazole rings is 1. The molecular weight excluding hydrogens is 344 g/mol. The minimum Gasteiger partial charge on any atom is -0.366 e. The summed E-state index contributed by atoms with van der Waals surface area (Å²) in [6.45, 7) is 4.09. The first-order valence-electron chi connectivity index (χ1n) is 7.79. The molecule has 0 aliphatic rings. The molecule has 0 aliphatic carbocycles. The summed E-state index contributed by atoms with van der Waals surface area (Å²) in [6.07, 6.45) is 2.32. The third kappa shape index (κ3) is 3.07. The van der Waals surface area contributed by atoms with E-state index in [4.69, 9.17) is 5.73 Å². The first kappa shape index (κ1) is 17.3. The Labute approximate surface area is 147 Å². The van der Waals surface area contributed by atoms with Crippen LogP contribution in [0.2, 0.25) is 0 Å². The number of rotatable bonds is 5. The fraction of sp³-hybridized carbons (Fsp3) is 0.222. The number of nitrogens with zero attached hydrogens (tertiary/aromatic N) is 2. The molecule has 4 nitrogen and oxygen atoms in total. The van der Waals surface area contributed by atoms with E-state index in [-0.39, 0.29) is 0 Å². The highest BCUT2D eigenvalue weighted by Crippen LogP contribution is 2.34. The standard InChI is InChI=1S/C18H17F2N3OS/c1-3-14-16(18-22-6-7-25-18)15(17(21)24)10(2)23(14)9-11-4-5-12(19)13(20)8-11/h4-8H,3,9H2,1-2H3,(H2,21,24). The number of benzene rings is 1. The zero-order chi connectivity index (χ0) is 18.1. The molecule has 0 saturated carbocycles. The van der Waals surface area contributed by atoms with Crippen molar-refractivity contribution >= 4 is 17.2 Å². The van der Waals surface area contributed by atoms with Crippen molar-refractivity contribution in [3.8, 4) is 10.6 Å². The number of hydrogen-bond acceptors (Lipinski definition) is 3. The van der Waals surface area contributed by atoms with Gasteiger partial charge in [-0.25, -0.2) is 13.8 Å². The fourth-order valence-electron chi connectivity index (χ4n) is 3.08. The maximum Gasteiger partial charge on any atom is 0.251 e. The predicted octanol–water partition coefficient (Wildman–Crippen LogP) is 3.91. The SMILES string of the molecule is CCc1c(-c2nccs2)c(C(N)=O)c(C)n1Cc1ccc(F)c(F)c1. The Hall–Kier alpha value is -2.54. The van der Waals surface area contributed by atoms with E-state index in [2.05, 4.69) is 4.98 Å². The number of aromatic nitrogens is 2. The fourth-order valence-corrected chi connectivity index (χ4v) is 3.79. The van der Waals surface area contributed by atoms with Gasteiger partial charge >= 0.3 is 0 Å². The molecule has 0 spiro atoms. The number of primary amides is 1. The molecule has 0 atom stereocenters. The topological polar surface area (TPSA) is 60.9 Å². The second-order valence-corrected chi connectivity index (χ2v) is 6.57. The summed E-state index contributed by atoms with van der Waals surface area (Å²) in [7, 11) is 0. The minimum absolute atomic E-state index is 0.317. The van der Waals surface area contributed by atoms with Gasteiger partial charge in [-0.1, -0.05) is 13.0 Å². The number of carbonyl (C=O) groups is 1. The van der Waals surface area contributed by atoms with Gasteiger partial charge in [0.25, 0.3) is 5.91 Å². The van der Waals surface area contributed by atoms with Crippen LogP contribution in [0.4, 0.5) is 8.78 Å². The first-order valence-corrected chi connectivity index (χ1v) is 8.67. The van der Waals surface area contributed by atoms with Crippen molar-refractivity contribution in [2.45, 2.75) is 26.8 Å². The van der Waals surface area contributed by atoms with Gasteiger partial charge in [-0.2, -0.15) is 0 Å². The maximum absolute atomic E-state index is 13.5. The molecule has 2 N–H and O–H groups in total. The second kappa shape index (κ2) is 6.76. The molecule has 25 heavy (non-hydrogen) atoms. The molecule has 1 amide bonds. The van der Waals surface area contributed by atoms with Crippen molar-refractivity contribution in [2.75, 3.05) is 0 Å². The van der Waals surface area contributed by atoms with Crippen molar-refractivity contribution in [3.63, 3.8) is 0 Å². The average molecular weight is 361 g/mol. The zero-order valence-electron chi connectivity index (χ0n) is 13.8. The first-order chi connectivity index (χ1) is 11.9. The van der Waals surface area contributed by atoms with Gasteiger partial charge in [0.05, 0.1) is 5.56 Å². The number of amides is 1. The molecule has 0 fully saturated rings. The van der Waals surface area contributed by atoms with Gasteiger partial charge in [0.1, 0.15) is 5.01 Å². The number of hydrogen-bond donors (Lipinski definition) is 1. The molecule has 2 aromatic heterocycles. The largest absolute Gasteiger partial charge is 0.366 e. The number of halogens is 2. The Morgan fingerprint density at radius 1 is 1.32 bits per heavy atom. The van der Waals surface area contributed by atoms with Crippen molar-refractivity contribution in [1.82, 2.24) is 9.55 Å². The summed E-state index contributed by atoms with van der Waals surface area (Å²) in [5.41, 5.74) is 8.96. The molecule has 0 unspecified atom stereocenters. The highest BCUT2D eigenvalue weighted by Gasteiger charge is 2.25. The van der Waals surface area contributed by atoms with Crippen LogP contribution in [-0.2, 0) is 13.0 Å². The number of carbonyl (C=O) groups excluding carboxylic acids is 1. The molecular formula is C18H17F2N3OS. The van der Waals surface area contributed by atoms with Gasteiger partial charge < -0.3 is 10.3 Å². The van der Waals surface area contributed by atoms with Crippen LogP contribution in [0.1, 0.15) is 34.2 Å². The molecule has 130 valence electrons. The highest BCUT2D eigenvalue weighted by molar-refractivity contribution is 7.13. The minimum atomic E-state index is -0.893. The van der Waals surface area contributed by atoms with E-state index in [9.17, 15) is 13.6 Å². The van der Waals surface area contributed by atoms with Crippen LogP contribution in [-0.4, -0.2) is 15.5 Å². The summed E-state index contributed by atoms with van der Waals surface area (Å²) in [5, 5.41) is 2.56. The van der Waals surface area contributed by atoms with Gasteiger partial charge in [0, 0.05) is 35.1 Å². The van der Waals surface area contributed by atoms with Gasteiger partial charge in [-0.15, -0.1) is 11.3 Å². The lowest BCUT2D eigenvalue weighted by molar-refractivity contribution is 0.1000. The second-order valence-electron chi connectivity index (χ2n) is 5.67. The summed E-state index contributed by atoms with van der Waals surface area (Å²) in [6, 6.07) is 3.80. The lowest BCUT2D eigenvalue weighted by Gasteiger charge is -2.12. The van der Waals surface area contributed by atoms with Crippen LogP contribution >= 0.6 is 11.3 Å². The highest BCUT2D eigenvalue weighted by atomic mass is 32.1. The molecule has 0 saturated heterocycles. The molecule has 1 aromatic carbocycles. The Bertz CT molecular complexity index is 932. The van der Waals surface area contributed by atoms with E-state index < -0.39 is 17.5 Å². The van der Waals surface area contributed by atoms with E-state index in [0.717, 1.165) is 22.3 Å². The van der Waals surface area contributed by atoms with E-state index in [1.807, 2.05) is 16.9 Å². The van der Waals surface area contributed by atoms with Crippen molar-refractivity contribution in [3.05, 3.63) is 63.9 Å². The molecule has 3 aromatic rings. The van der Waals surface area contributed by atoms with Crippen LogP contribution < -0.4 is 5.73 Å². The summed E-state index contributed by atoms with van der Waals surface area (Å²) >= 11 is 1.43. The third-order valence-electron chi connectivity index (χ3n) is 4.18. The normalized spacial score (nSPS) is 11.0. The predicted molar refractivity (Wildman–Crippen MR) is 93.6 cm³/mol. The van der Waals surface area contributed by atoms with Gasteiger partial charge in [-0.3, -0.25) is 4.79 Å². The summed E-state index contributed by atoms with van der Waals surface area (Å²) in [5.74, 6) is -2.30. The van der Waals surface area contributed by atoms with Crippen LogP contribution in [0.15, 0.2) is 29.8 Å². The van der Waals surface area contributed by atoms with Crippen LogP contribution in [0.25, 0.3) is 10.6 Å². The Morgan fingerprint density at radius 2 is 2.08 bits per heavy atom. The third-order valence-corrected chi connectivity index (χ3v) is 4.97. The van der Waals surface area contributed by atoms with Crippen LogP contribution in [0, 0.1) is 18.6 Å². The van der Waals surface area contributed by atoms with Crippen molar-refractivity contribution < 1.29 is 13.6 Å². The zero-order valence-corrected chi connectivity index (χ0v) is 14.7. The van der Waals surface area contributed by atoms with Gasteiger partial charge in [0.15, 0.2) is 11.6 Å². The molecule has 0 aliphatic heterocycles. The molecule has 3 rings (SSSR count). The maximum atomic E-state index is 13.5. The van der Waals surface area contributed by atoms with Crippen LogP contribution in [0.3, 0.4) is 0 Å².